The van der Waals surface area contributed by atoms with Crippen molar-refractivity contribution >= 4 is 11.6 Å². The molecule has 2 rings (SSSR count). The number of halogens is 1. The minimum Gasteiger partial charge on any atom is -0.500 e. The molecule has 1 aromatic carbocycles. The molecule has 0 saturated carbocycles. The molecule has 9 heteroatoms. The van der Waals surface area contributed by atoms with Crippen LogP contribution >= 0.6 is 0 Å². The number of phenols is 1. The van der Waals surface area contributed by atoms with Gasteiger partial charge < -0.3 is 15.2 Å². The molecule has 1 amide bonds. The molecule has 0 radical (unpaired) electrons. The van der Waals surface area contributed by atoms with Gasteiger partial charge in [0.2, 0.25) is 5.75 Å². The zero-order chi connectivity index (χ0) is 16.3. The van der Waals surface area contributed by atoms with Crippen LogP contribution in [-0.2, 0) is 0 Å². The molecule has 0 saturated heterocycles. The number of nitrogens with zero attached hydrogens (tertiary/aromatic N) is 2. The lowest BCUT2D eigenvalue weighted by Gasteiger charge is -2.07. The number of amides is 1. The number of ether oxygens (including phenoxy) is 1. The van der Waals surface area contributed by atoms with E-state index < -0.39 is 28.1 Å². The lowest BCUT2D eigenvalue weighted by atomic mass is 10.2. The molecular weight excluding hydrogens is 297 g/mol. The SMILES string of the molecule is CNC(=O)c1cc(Oc2cc(F)c(O)c([N+](=O)[O-])c2)ccn1. The van der Waals surface area contributed by atoms with Gasteiger partial charge in [-0.2, -0.15) is 0 Å². The minimum atomic E-state index is -1.19. The van der Waals surface area contributed by atoms with Gasteiger partial charge in [0.25, 0.3) is 5.91 Å². The van der Waals surface area contributed by atoms with Crippen molar-refractivity contribution in [3.8, 4) is 17.2 Å². The lowest BCUT2D eigenvalue weighted by Crippen LogP contribution is -2.18. The fraction of sp³-hybridized carbons (Fsp3) is 0.0769. The number of rotatable bonds is 4. The number of carbonyl (C=O) groups excluding carboxylic acids is 1. The fourth-order valence-corrected chi connectivity index (χ4v) is 1.62. The van der Waals surface area contributed by atoms with E-state index in [1.165, 1.54) is 25.4 Å². The Kier molecular flexibility index (Phi) is 4.16. The van der Waals surface area contributed by atoms with Crippen LogP contribution in [0.1, 0.15) is 10.5 Å². The highest BCUT2D eigenvalue weighted by Crippen LogP contribution is 2.34. The van der Waals surface area contributed by atoms with E-state index in [9.17, 15) is 24.4 Å². The molecule has 0 fully saturated rings. The van der Waals surface area contributed by atoms with Gasteiger partial charge in [-0.05, 0) is 6.07 Å². The van der Waals surface area contributed by atoms with Crippen LogP contribution in [0.15, 0.2) is 30.5 Å². The first-order chi connectivity index (χ1) is 10.4. The third-order valence-corrected chi connectivity index (χ3v) is 2.64. The summed E-state index contributed by atoms with van der Waals surface area (Å²) < 4.78 is 18.7. The Balaban J connectivity index is 2.35. The normalized spacial score (nSPS) is 10.1. The number of nitrogens with one attached hydrogen (secondary N) is 1. The van der Waals surface area contributed by atoms with Crippen LogP contribution in [0.2, 0.25) is 0 Å². The van der Waals surface area contributed by atoms with Gasteiger partial charge in [0.15, 0.2) is 5.82 Å². The Morgan fingerprint density at radius 2 is 2.14 bits per heavy atom. The van der Waals surface area contributed by atoms with Crippen molar-refractivity contribution in [1.29, 1.82) is 0 Å². The monoisotopic (exact) mass is 307 g/mol. The Morgan fingerprint density at radius 3 is 2.77 bits per heavy atom. The maximum Gasteiger partial charge on any atom is 0.317 e. The second-order valence-electron chi connectivity index (χ2n) is 4.09. The molecule has 0 spiro atoms. The highest BCUT2D eigenvalue weighted by atomic mass is 19.1. The van der Waals surface area contributed by atoms with E-state index >= 15 is 0 Å². The van der Waals surface area contributed by atoms with Crippen LogP contribution in [0.25, 0.3) is 0 Å². The summed E-state index contributed by atoms with van der Waals surface area (Å²) >= 11 is 0. The van der Waals surface area contributed by atoms with Crippen molar-refractivity contribution in [2.75, 3.05) is 7.05 Å². The molecular formula is C13H10FN3O5. The Labute approximate surface area is 123 Å². The molecule has 2 aromatic rings. The highest BCUT2D eigenvalue weighted by Gasteiger charge is 2.20. The quantitative estimate of drug-likeness (QED) is 0.659. The molecule has 0 aliphatic carbocycles. The predicted octanol–water partition coefficient (Wildman–Crippen LogP) is 1.99. The summed E-state index contributed by atoms with van der Waals surface area (Å²) in [6.07, 6.45) is 1.30. The number of carbonyl (C=O) groups is 1. The second-order valence-corrected chi connectivity index (χ2v) is 4.09. The average molecular weight is 307 g/mol. The Hall–Kier alpha value is -3.23. The summed E-state index contributed by atoms with van der Waals surface area (Å²) in [6, 6.07) is 4.35. The van der Waals surface area contributed by atoms with E-state index in [1.54, 1.807) is 0 Å². The summed E-state index contributed by atoms with van der Waals surface area (Å²) in [5.74, 6) is -2.78. The summed E-state index contributed by atoms with van der Waals surface area (Å²) in [4.78, 5) is 25.0. The van der Waals surface area contributed by atoms with Gasteiger partial charge in [0, 0.05) is 25.4 Å². The second kappa shape index (κ2) is 6.04. The van der Waals surface area contributed by atoms with Crippen LogP contribution < -0.4 is 10.1 Å². The lowest BCUT2D eigenvalue weighted by molar-refractivity contribution is -0.386. The van der Waals surface area contributed by atoms with Crippen molar-refractivity contribution in [3.63, 3.8) is 0 Å². The molecule has 0 unspecified atom stereocenters. The van der Waals surface area contributed by atoms with E-state index in [0.717, 1.165) is 12.1 Å². The predicted molar refractivity (Wildman–Crippen MR) is 72.4 cm³/mol. The molecule has 114 valence electrons. The van der Waals surface area contributed by atoms with Gasteiger partial charge in [-0.15, -0.1) is 0 Å². The number of hydrogen-bond acceptors (Lipinski definition) is 6. The van der Waals surface area contributed by atoms with E-state index in [-0.39, 0.29) is 17.2 Å². The van der Waals surface area contributed by atoms with E-state index in [1.807, 2.05) is 0 Å². The van der Waals surface area contributed by atoms with E-state index in [2.05, 4.69) is 10.3 Å². The number of pyridine rings is 1. The summed E-state index contributed by atoms with van der Waals surface area (Å²) in [5.41, 5.74) is -0.760. The zero-order valence-electron chi connectivity index (χ0n) is 11.2. The number of nitro groups is 1. The Bertz CT molecular complexity index is 750. The van der Waals surface area contributed by atoms with Crippen molar-refractivity contribution in [1.82, 2.24) is 10.3 Å². The fourth-order valence-electron chi connectivity index (χ4n) is 1.62. The van der Waals surface area contributed by atoms with Crippen LogP contribution in [0, 0.1) is 15.9 Å². The van der Waals surface area contributed by atoms with Crippen LogP contribution in [-0.4, -0.2) is 28.0 Å². The number of benzene rings is 1. The zero-order valence-corrected chi connectivity index (χ0v) is 11.2. The number of aromatic hydroxyl groups is 1. The molecule has 2 N–H and O–H groups in total. The minimum absolute atomic E-state index is 0.0637. The van der Waals surface area contributed by atoms with Crippen molar-refractivity contribution in [2.45, 2.75) is 0 Å². The largest absolute Gasteiger partial charge is 0.500 e. The van der Waals surface area contributed by atoms with Gasteiger partial charge in [0.05, 0.1) is 11.0 Å². The van der Waals surface area contributed by atoms with Crippen LogP contribution in [0.3, 0.4) is 0 Å². The standard InChI is InChI=1S/C13H10FN3O5/c1-15-13(19)10-5-7(2-3-16-10)22-8-4-9(14)12(18)11(6-8)17(20)21/h2-6,18H,1H3,(H,15,19). The number of hydrogen-bond donors (Lipinski definition) is 2. The van der Waals surface area contributed by atoms with Gasteiger partial charge >= 0.3 is 5.69 Å². The smallest absolute Gasteiger partial charge is 0.317 e. The van der Waals surface area contributed by atoms with E-state index in [4.69, 9.17) is 4.74 Å². The number of nitro benzene ring substituents is 1. The summed E-state index contributed by atoms with van der Waals surface area (Å²) in [5, 5.41) is 22.4. The molecule has 0 bridgehead atoms. The summed E-state index contributed by atoms with van der Waals surface area (Å²) in [6.45, 7) is 0. The number of aromatic nitrogens is 1. The molecule has 22 heavy (non-hydrogen) atoms. The molecule has 0 aliphatic heterocycles. The van der Waals surface area contributed by atoms with Gasteiger partial charge in [-0.3, -0.25) is 19.9 Å². The van der Waals surface area contributed by atoms with Crippen molar-refractivity contribution < 1.29 is 24.0 Å². The number of phenolic OH excluding ortho intramolecular Hbond substituents is 1. The molecule has 1 heterocycles. The first-order valence-electron chi connectivity index (χ1n) is 5.95. The molecule has 0 aliphatic rings. The average Bonchev–Trinajstić information content (AvgIpc) is 2.49. The summed E-state index contributed by atoms with van der Waals surface area (Å²) in [7, 11) is 1.43. The topological polar surface area (TPSA) is 115 Å². The first kappa shape index (κ1) is 15.2. The molecule has 8 nitrogen and oxygen atoms in total. The maximum atomic E-state index is 13.5. The maximum absolute atomic E-state index is 13.5. The molecule has 1 aromatic heterocycles. The van der Waals surface area contributed by atoms with Crippen molar-refractivity contribution in [3.05, 3.63) is 52.1 Å². The Morgan fingerprint density at radius 1 is 1.41 bits per heavy atom. The van der Waals surface area contributed by atoms with Crippen LogP contribution in [0.5, 0.6) is 17.2 Å². The highest BCUT2D eigenvalue weighted by molar-refractivity contribution is 5.92. The third-order valence-electron chi connectivity index (χ3n) is 2.64. The van der Waals surface area contributed by atoms with Crippen molar-refractivity contribution in [2.24, 2.45) is 0 Å². The van der Waals surface area contributed by atoms with Crippen LogP contribution in [0.4, 0.5) is 10.1 Å². The van der Waals surface area contributed by atoms with E-state index in [0.29, 0.717) is 0 Å². The molecule has 0 atom stereocenters. The van der Waals surface area contributed by atoms with Gasteiger partial charge in [-0.25, -0.2) is 4.39 Å². The van der Waals surface area contributed by atoms with Gasteiger partial charge in [-0.1, -0.05) is 0 Å². The first-order valence-corrected chi connectivity index (χ1v) is 5.95. The van der Waals surface area contributed by atoms with Gasteiger partial charge in [0.1, 0.15) is 17.2 Å². The third kappa shape index (κ3) is 3.08.